The van der Waals surface area contributed by atoms with Crippen LogP contribution in [-0.2, 0) is 0 Å². The Labute approximate surface area is 124 Å². The Bertz CT molecular complexity index is 602. The fourth-order valence-corrected chi connectivity index (χ4v) is 2.76. The highest BCUT2D eigenvalue weighted by Crippen LogP contribution is 2.15. The molecule has 3 rings (SSSR count). The van der Waals surface area contributed by atoms with Crippen LogP contribution < -0.4 is 5.32 Å². The molecule has 2 aromatic rings. The second-order valence-electron chi connectivity index (χ2n) is 5.27. The van der Waals surface area contributed by atoms with Crippen molar-refractivity contribution >= 4 is 23.8 Å². The molecular formula is C14H19ClN4O. The Morgan fingerprint density at radius 3 is 2.70 bits per heavy atom. The number of nitrogens with one attached hydrogen (secondary N) is 1. The van der Waals surface area contributed by atoms with E-state index in [1.165, 1.54) is 0 Å². The lowest BCUT2D eigenvalue weighted by molar-refractivity contribution is 0.0676. The van der Waals surface area contributed by atoms with Gasteiger partial charge >= 0.3 is 0 Å². The number of hydrogen-bond donors (Lipinski definition) is 1. The normalized spacial score (nSPS) is 22.6. The van der Waals surface area contributed by atoms with Gasteiger partial charge in [-0.3, -0.25) is 4.79 Å². The molecule has 3 heterocycles. The fourth-order valence-electron chi connectivity index (χ4n) is 2.76. The summed E-state index contributed by atoms with van der Waals surface area (Å²) in [5.41, 5.74) is 1.55. The molecule has 0 bridgehead atoms. The summed E-state index contributed by atoms with van der Waals surface area (Å²) in [5, 5.41) is 7.66. The van der Waals surface area contributed by atoms with Gasteiger partial charge in [0.05, 0.1) is 17.3 Å². The molecule has 2 atom stereocenters. The van der Waals surface area contributed by atoms with Gasteiger partial charge in [0.25, 0.3) is 5.91 Å². The van der Waals surface area contributed by atoms with Gasteiger partial charge in [-0.2, -0.15) is 5.10 Å². The van der Waals surface area contributed by atoms with Crippen molar-refractivity contribution in [3.05, 3.63) is 36.2 Å². The summed E-state index contributed by atoms with van der Waals surface area (Å²) in [4.78, 5) is 14.5. The first-order valence-electron chi connectivity index (χ1n) is 6.63. The van der Waals surface area contributed by atoms with Gasteiger partial charge in [0.2, 0.25) is 0 Å². The third-order valence-electron chi connectivity index (χ3n) is 3.50. The maximum Gasteiger partial charge on any atom is 0.257 e. The van der Waals surface area contributed by atoms with Crippen molar-refractivity contribution in [2.45, 2.75) is 25.9 Å². The first kappa shape index (κ1) is 14.8. The number of amides is 1. The number of carbonyl (C=O) groups is 1. The average Bonchev–Trinajstić information content (AvgIpc) is 2.80. The summed E-state index contributed by atoms with van der Waals surface area (Å²) >= 11 is 0. The van der Waals surface area contributed by atoms with Crippen LogP contribution in [0.3, 0.4) is 0 Å². The molecule has 2 aromatic heterocycles. The summed E-state index contributed by atoms with van der Waals surface area (Å²) in [6, 6.07) is 6.42. The van der Waals surface area contributed by atoms with Crippen LogP contribution in [-0.4, -0.2) is 45.6 Å². The molecular weight excluding hydrogens is 276 g/mol. The predicted octanol–water partition coefficient (Wildman–Crippen LogP) is 1.58. The van der Waals surface area contributed by atoms with Crippen molar-refractivity contribution in [1.29, 1.82) is 0 Å². The summed E-state index contributed by atoms with van der Waals surface area (Å²) < 4.78 is 1.74. The summed E-state index contributed by atoms with van der Waals surface area (Å²) in [5.74, 6) is 0.0707. The minimum atomic E-state index is 0. The summed E-state index contributed by atoms with van der Waals surface area (Å²) in [6.07, 6.45) is 3.52. The van der Waals surface area contributed by atoms with E-state index in [1.807, 2.05) is 29.3 Å². The second kappa shape index (κ2) is 5.81. The zero-order valence-electron chi connectivity index (χ0n) is 11.6. The first-order chi connectivity index (χ1) is 9.15. The molecule has 0 aromatic carbocycles. The zero-order chi connectivity index (χ0) is 13.4. The average molecular weight is 295 g/mol. The number of fused-ring (bicyclic) bond motifs is 1. The number of carbonyl (C=O) groups excluding carboxylic acids is 1. The van der Waals surface area contributed by atoms with Crippen molar-refractivity contribution in [3.63, 3.8) is 0 Å². The number of nitrogens with zero attached hydrogens (tertiary/aromatic N) is 3. The molecule has 1 N–H and O–H groups in total. The van der Waals surface area contributed by atoms with Crippen molar-refractivity contribution in [2.24, 2.45) is 0 Å². The molecule has 0 saturated carbocycles. The third-order valence-corrected chi connectivity index (χ3v) is 3.50. The molecule has 108 valence electrons. The predicted molar refractivity (Wildman–Crippen MR) is 80.4 cm³/mol. The molecule has 0 spiro atoms. The topological polar surface area (TPSA) is 49.6 Å². The number of hydrogen-bond acceptors (Lipinski definition) is 3. The first-order valence-corrected chi connectivity index (χ1v) is 6.63. The maximum atomic E-state index is 12.6. The number of pyridine rings is 1. The van der Waals surface area contributed by atoms with Crippen LogP contribution in [0.2, 0.25) is 0 Å². The van der Waals surface area contributed by atoms with Gasteiger partial charge in [0.15, 0.2) is 0 Å². The monoisotopic (exact) mass is 294 g/mol. The van der Waals surface area contributed by atoms with Crippen LogP contribution in [0.25, 0.3) is 5.52 Å². The van der Waals surface area contributed by atoms with Crippen molar-refractivity contribution in [1.82, 2.24) is 19.8 Å². The molecule has 20 heavy (non-hydrogen) atoms. The lowest BCUT2D eigenvalue weighted by atomic mass is 10.1. The number of aromatic nitrogens is 2. The minimum Gasteiger partial charge on any atom is -0.335 e. The standard InChI is InChI=1S/C14H18N4O.ClH/c1-10-8-17(9-11(2)16-10)14(19)12-7-15-18-6-4-3-5-13(12)18;/h3-7,10-11,16H,8-9H2,1-2H3;1H. The lowest BCUT2D eigenvalue weighted by Crippen LogP contribution is -2.55. The van der Waals surface area contributed by atoms with Crippen molar-refractivity contribution in [2.75, 3.05) is 13.1 Å². The van der Waals surface area contributed by atoms with Crippen molar-refractivity contribution in [3.8, 4) is 0 Å². The van der Waals surface area contributed by atoms with Gasteiger partial charge in [0.1, 0.15) is 0 Å². The Hall–Kier alpha value is -1.59. The van der Waals surface area contributed by atoms with Crippen LogP contribution in [0.4, 0.5) is 0 Å². The molecule has 2 unspecified atom stereocenters. The Morgan fingerprint density at radius 2 is 2.00 bits per heavy atom. The third kappa shape index (κ3) is 2.64. The van der Waals surface area contributed by atoms with Gasteiger partial charge in [-0.1, -0.05) is 6.07 Å². The summed E-state index contributed by atoms with van der Waals surface area (Å²) in [6.45, 7) is 5.69. The molecule has 1 aliphatic rings. The number of piperazine rings is 1. The number of rotatable bonds is 1. The van der Waals surface area contributed by atoms with E-state index in [2.05, 4.69) is 24.3 Å². The molecule has 0 aliphatic carbocycles. The van der Waals surface area contributed by atoms with Crippen LogP contribution in [0.1, 0.15) is 24.2 Å². The van der Waals surface area contributed by atoms with E-state index in [0.29, 0.717) is 17.6 Å². The highest BCUT2D eigenvalue weighted by Gasteiger charge is 2.27. The van der Waals surface area contributed by atoms with Crippen LogP contribution in [0, 0.1) is 0 Å². The maximum absolute atomic E-state index is 12.6. The van der Waals surface area contributed by atoms with E-state index in [-0.39, 0.29) is 18.3 Å². The lowest BCUT2D eigenvalue weighted by Gasteiger charge is -2.36. The molecule has 0 radical (unpaired) electrons. The van der Waals surface area contributed by atoms with Crippen molar-refractivity contribution < 1.29 is 4.79 Å². The molecule has 1 fully saturated rings. The minimum absolute atomic E-state index is 0. The summed E-state index contributed by atoms with van der Waals surface area (Å²) in [7, 11) is 0. The van der Waals surface area contributed by atoms with E-state index in [0.717, 1.165) is 18.6 Å². The van der Waals surface area contributed by atoms with Gasteiger partial charge in [-0.25, -0.2) is 4.52 Å². The zero-order valence-corrected chi connectivity index (χ0v) is 12.4. The quantitative estimate of drug-likeness (QED) is 0.869. The van der Waals surface area contributed by atoms with E-state index < -0.39 is 0 Å². The molecule has 1 aliphatic heterocycles. The molecule has 1 saturated heterocycles. The molecule has 6 heteroatoms. The van der Waals surface area contributed by atoms with Crippen LogP contribution in [0.15, 0.2) is 30.6 Å². The molecule has 1 amide bonds. The van der Waals surface area contributed by atoms with Gasteiger partial charge in [0, 0.05) is 31.4 Å². The van der Waals surface area contributed by atoms with E-state index >= 15 is 0 Å². The number of halogens is 1. The van der Waals surface area contributed by atoms with E-state index in [1.54, 1.807) is 10.7 Å². The largest absolute Gasteiger partial charge is 0.335 e. The molecule has 5 nitrogen and oxygen atoms in total. The van der Waals surface area contributed by atoms with Gasteiger partial charge in [-0.05, 0) is 26.0 Å². The van der Waals surface area contributed by atoms with Crippen LogP contribution in [0.5, 0.6) is 0 Å². The Balaban J connectivity index is 0.00000147. The fraction of sp³-hybridized carbons (Fsp3) is 0.429. The van der Waals surface area contributed by atoms with Crippen LogP contribution >= 0.6 is 12.4 Å². The van der Waals surface area contributed by atoms with Gasteiger partial charge < -0.3 is 10.2 Å². The smallest absolute Gasteiger partial charge is 0.257 e. The van der Waals surface area contributed by atoms with E-state index in [9.17, 15) is 4.79 Å². The highest BCUT2D eigenvalue weighted by molar-refractivity contribution is 6.00. The Kier molecular flexibility index (Phi) is 4.30. The Morgan fingerprint density at radius 1 is 1.30 bits per heavy atom. The van der Waals surface area contributed by atoms with E-state index in [4.69, 9.17) is 0 Å². The highest BCUT2D eigenvalue weighted by atomic mass is 35.5. The SMILES string of the molecule is CC1CN(C(=O)c2cnn3ccccc23)CC(C)N1.Cl. The second-order valence-corrected chi connectivity index (χ2v) is 5.27. The van der Waals surface area contributed by atoms with Gasteiger partial charge in [-0.15, -0.1) is 12.4 Å².